The number of aromatic nitrogens is 3. The lowest BCUT2D eigenvalue weighted by molar-refractivity contribution is -0.147. The van der Waals surface area contributed by atoms with E-state index in [-0.39, 0.29) is 37.0 Å². The number of benzene rings is 1. The first kappa shape index (κ1) is 19.1. The third-order valence-corrected chi connectivity index (χ3v) is 5.90. The Bertz CT molecular complexity index is 1140. The molecule has 1 aromatic carbocycles. The van der Waals surface area contributed by atoms with Crippen LogP contribution in [0.2, 0.25) is 0 Å². The normalized spacial score (nSPS) is 15.1. The number of carbonyl (C=O) groups is 2. The van der Waals surface area contributed by atoms with Gasteiger partial charge in [-0.05, 0) is 24.6 Å². The first-order valence-corrected chi connectivity index (χ1v) is 10.8. The van der Waals surface area contributed by atoms with Crippen LogP contribution in [-0.2, 0) is 19.6 Å². The molecule has 0 spiro atoms. The zero-order valence-corrected chi connectivity index (χ0v) is 16.3. The minimum absolute atomic E-state index is 0.148. The van der Waals surface area contributed by atoms with Gasteiger partial charge in [0.2, 0.25) is 27.6 Å². The smallest absolute Gasteiger partial charge is 0.234 e. The van der Waals surface area contributed by atoms with Crippen molar-refractivity contribution < 1.29 is 18.0 Å². The van der Waals surface area contributed by atoms with Crippen molar-refractivity contribution in [3.63, 3.8) is 0 Å². The Morgan fingerprint density at radius 1 is 1.10 bits per heavy atom. The monoisotopic (exact) mass is 413 g/mol. The van der Waals surface area contributed by atoms with E-state index >= 15 is 0 Å². The fraction of sp³-hybridized carbons (Fsp3) is 0.263. The van der Waals surface area contributed by atoms with E-state index in [0.717, 1.165) is 10.5 Å². The van der Waals surface area contributed by atoms with Gasteiger partial charge in [0, 0.05) is 49.2 Å². The van der Waals surface area contributed by atoms with Gasteiger partial charge in [-0.3, -0.25) is 23.6 Å². The van der Waals surface area contributed by atoms with Crippen molar-refractivity contribution in [1.29, 1.82) is 0 Å². The maximum Gasteiger partial charge on any atom is 0.234 e. The highest BCUT2D eigenvalue weighted by atomic mass is 32.2. The molecule has 1 fully saturated rings. The van der Waals surface area contributed by atoms with Crippen LogP contribution >= 0.6 is 0 Å². The van der Waals surface area contributed by atoms with Crippen molar-refractivity contribution in [3.05, 3.63) is 48.9 Å². The highest BCUT2D eigenvalue weighted by molar-refractivity contribution is 7.92. The number of anilines is 1. The van der Waals surface area contributed by atoms with Gasteiger partial charge < -0.3 is 0 Å². The van der Waals surface area contributed by atoms with Crippen molar-refractivity contribution in [3.8, 4) is 11.3 Å². The molecule has 9 nitrogen and oxygen atoms in total. The zero-order chi connectivity index (χ0) is 20.4. The molecule has 29 heavy (non-hydrogen) atoms. The molecule has 10 heteroatoms. The number of nitrogens with one attached hydrogen (secondary N) is 1. The standard InChI is InChI=1S/C19H19N5O4S/c25-17-6-2-7-18(26)24(17)10-11-29(27,28)22-15-5-1-4-14(12-15)16-13-23-9-3-8-20-19(23)21-16/h1,3-5,8-9,12-13,22H,2,6-7,10-11H2. The van der Waals surface area contributed by atoms with E-state index in [0.29, 0.717) is 23.6 Å². The van der Waals surface area contributed by atoms with Crippen LogP contribution in [-0.4, -0.2) is 51.8 Å². The summed E-state index contributed by atoms with van der Waals surface area (Å²) in [6, 6.07) is 8.65. The minimum Gasteiger partial charge on any atom is -0.291 e. The molecule has 2 aromatic heterocycles. The molecule has 0 atom stereocenters. The molecule has 1 aliphatic heterocycles. The van der Waals surface area contributed by atoms with Crippen LogP contribution in [0.3, 0.4) is 0 Å². The second-order valence-electron chi connectivity index (χ2n) is 6.75. The first-order chi connectivity index (χ1) is 13.9. The number of carbonyl (C=O) groups excluding carboxylic acids is 2. The molecule has 1 aliphatic rings. The third-order valence-electron chi connectivity index (χ3n) is 4.63. The van der Waals surface area contributed by atoms with Gasteiger partial charge in [-0.25, -0.2) is 18.4 Å². The quantitative estimate of drug-likeness (QED) is 0.615. The van der Waals surface area contributed by atoms with Crippen LogP contribution < -0.4 is 4.72 Å². The largest absolute Gasteiger partial charge is 0.291 e. The number of amides is 2. The molecule has 0 saturated carbocycles. The SMILES string of the molecule is O=C1CCCC(=O)N1CCS(=O)(=O)Nc1cccc(-c2cn3cccnc3n2)c1. The molecule has 0 radical (unpaired) electrons. The van der Waals surface area contributed by atoms with Gasteiger partial charge in [0.05, 0.1) is 11.4 Å². The fourth-order valence-corrected chi connectivity index (χ4v) is 4.21. The lowest BCUT2D eigenvalue weighted by atomic mass is 10.1. The summed E-state index contributed by atoms with van der Waals surface area (Å²) in [5.74, 6) is -0.449. The van der Waals surface area contributed by atoms with E-state index in [9.17, 15) is 18.0 Å². The lowest BCUT2D eigenvalue weighted by Gasteiger charge is -2.24. The average Bonchev–Trinajstić information content (AvgIpc) is 3.12. The van der Waals surface area contributed by atoms with Crippen LogP contribution in [0.25, 0.3) is 17.0 Å². The maximum atomic E-state index is 12.5. The van der Waals surface area contributed by atoms with Gasteiger partial charge in [-0.1, -0.05) is 12.1 Å². The topological polar surface area (TPSA) is 114 Å². The predicted octanol–water partition coefficient (Wildman–Crippen LogP) is 1.68. The Balaban J connectivity index is 1.48. The fourth-order valence-electron chi connectivity index (χ4n) is 3.20. The highest BCUT2D eigenvalue weighted by Crippen LogP contribution is 2.23. The molecule has 150 valence electrons. The van der Waals surface area contributed by atoms with Crippen molar-refractivity contribution in [1.82, 2.24) is 19.3 Å². The summed E-state index contributed by atoms with van der Waals surface area (Å²) in [7, 11) is -3.74. The van der Waals surface area contributed by atoms with Crippen LogP contribution in [0.4, 0.5) is 5.69 Å². The molecule has 1 N–H and O–H groups in total. The first-order valence-electron chi connectivity index (χ1n) is 9.15. The van der Waals surface area contributed by atoms with Gasteiger partial charge in [0.25, 0.3) is 0 Å². The second-order valence-corrected chi connectivity index (χ2v) is 8.59. The Hall–Kier alpha value is -3.27. The Labute approximate surface area is 167 Å². The van der Waals surface area contributed by atoms with E-state index < -0.39 is 10.0 Å². The number of likely N-dealkylation sites (tertiary alicyclic amines) is 1. The Morgan fingerprint density at radius 3 is 2.66 bits per heavy atom. The molecule has 4 rings (SSSR count). The van der Waals surface area contributed by atoms with Crippen LogP contribution in [0.1, 0.15) is 19.3 Å². The summed E-state index contributed by atoms with van der Waals surface area (Å²) in [5, 5.41) is 0. The summed E-state index contributed by atoms with van der Waals surface area (Å²) in [6.45, 7) is -0.148. The molecule has 0 bridgehead atoms. The summed E-state index contributed by atoms with van der Waals surface area (Å²) >= 11 is 0. The van der Waals surface area contributed by atoms with Crippen molar-refractivity contribution in [2.75, 3.05) is 17.0 Å². The van der Waals surface area contributed by atoms with Gasteiger partial charge in [0.1, 0.15) is 0 Å². The number of sulfonamides is 1. The van der Waals surface area contributed by atoms with E-state index in [1.54, 1.807) is 34.9 Å². The minimum atomic E-state index is -3.74. The number of imide groups is 1. The van der Waals surface area contributed by atoms with E-state index in [1.165, 1.54) is 0 Å². The van der Waals surface area contributed by atoms with Crippen LogP contribution in [0.5, 0.6) is 0 Å². The molecule has 3 heterocycles. The summed E-state index contributed by atoms with van der Waals surface area (Å²) < 4.78 is 29.2. The molecular formula is C19H19N5O4S. The second kappa shape index (κ2) is 7.63. The van der Waals surface area contributed by atoms with E-state index in [2.05, 4.69) is 14.7 Å². The number of rotatable bonds is 6. The lowest BCUT2D eigenvalue weighted by Crippen LogP contribution is -2.43. The molecule has 2 amide bonds. The van der Waals surface area contributed by atoms with Gasteiger partial charge in [0.15, 0.2) is 0 Å². The molecule has 0 aliphatic carbocycles. The van der Waals surface area contributed by atoms with Crippen molar-refractivity contribution >= 4 is 33.3 Å². The van der Waals surface area contributed by atoms with Gasteiger partial charge in [-0.15, -0.1) is 0 Å². The van der Waals surface area contributed by atoms with Crippen molar-refractivity contribution in [2.24, 2.45) is 0 Å². The number of piperidine rings is 1. The third kappa shape index (κ3) is 4.27. The molecule has 3 aromatic rings. The number of hydrogen-bond acceptors (Lipinski definition) is 6. The predicted molar refractivity (Wildman–Crippen MR) is 106 cm³/mol. The van der Waals surface area contributed by atoms with Crippen LogP contribution in [0, 0.1) is 0 Å². The summed E-state index contributed by atoms with van der Waals surface area (Å²) in [6.07, 6.45) is 6.35. The summed E-state index contributed by atoms with van der Waals surface area (Å²) in [5.41, 5.74) is 1.77. The van der Waals surface area contributed by atoms with Gasteiger partial charge in [-0.2, -0.15) is 0 Å². The maximum absolute atomic E-state index is 12.5. The number of hydrogen-bond donors (Lipinski definition) is 1. The average molecular weight is 413 g/mol. The van der Waals surface area contributed by atoms with Crippen molar-refractivity contribution in [2.45, 2.75) is 19.3 Å². The molecule has 0 unspecified atom stereocenters. The molecular weight excluding hydrogens is 394 g/mol. The highest BCUT2D eigenvalue weighted by Gasteiger charge is 2.27. The van der Waals surface area contributed by atoms with E-state index in [4.69, 9.17) is 0 Å². The van der Waals surface area contributed by atoms with E-state index in [1.807, 2.05) is 18.5 Å². The zero-order valence-electron chi connectivity index (χ0n) is 15.5. The number of imidazole rings is 1. The summed E-state index contributed by atoms with van der Waals surface area (Å²) in [4.78, 5) is 33.3. The number of nitrogens with zero attached hydrogens (tertiary/aromatic N) is 4. The Kier molecular flexibility index (Phi) is 5.01. The van der Waals surface area contributed by atoms with Crippen LogP contribution in [0.15, 0.2) is 48.9 Å². The van der Waals surface area contributed by atoms with Gasteiger partial charge >= 0.3 is 0 Å². The number of fused-ring (bicyclic) bond motifs is 1. The molecule has 1 saturated heterocycles. The Morgan fingerprint density at radius 2 is 1.90 bits per heavy atom.